The van der Waals surface area contributed by atoms with Crippen LogP contribution in [-0.4, -0.2) is 49.2 Å². The Bertz CT molecular complexity index is 1040. The molecule has 0 heterocycles. The molecule has 0 fully saturated rings. The summed E-state index contributed by atoms with van der Waals surface area (Å²) in [6.07, 6.45) is 2.53. The van der Waals surface area contributed by atoms with E-state index in [0.29, 0.717) is 12.8 Å². The second kappa shape index (κ2) is 12.1. The van der Waals surface area contributed by atoms with Gasteiger partial charge in [0.2, 0.25) is 6.41 Å². The van der Waals surface area contributed by atoms with Crippen LogP contribution in [-0.2, 0) is 41.6 Å². The quantitative estimate of drug-likeness (QED) is 0.196. The van der Waals surface area contributed by atoms with E-state index in [1.165, 1.54) is 12.1 Å². The highest BCUT2D eigenvalue weighted by molar-refractivity contribution is 7.86. The van der Waals surface area contributed by atoms with E-state index in [0.717, 1.165) is 34.6 Å². The Morgan fingerprint density at radius 1 is 1.03 bits per heavy atom. The molecule has 0 aliphatic carbocycles. The van der Waals surface area contributed by atoms with Crippen molar-refractivity contribution in [3.05, 3.63) is 65.2 Å². The van der Waals surface area contributed by atoms with Crippen molar-refractivity contribution in [1.82, 2.24) is 5.06 Å². The summed E-state index contributed by atoms with van der Waals surface area (Å²) in [4.78, 5) is 28.7. The molecule has 1 atom stereocenters. The molecule has 1 N–H and O–H groups in total. The van der Waals surface area contributed by atoms with Crippen LogP contribution in [0.3, 0.4) is 0 Å². The van der Waals surface area contributed by atoms with Crippen LogP contribution in [0.25, 0.3) is 0 Å². The van der Waals surface area contributed by atoms with Gasteiger partial charge in [-0.05, 0) is 70.2 Å². The predicted octanol–water partition coefficient (Wildman–Crippen LogP) is 3.91. The Hall–Kier alpha value is -2.75. The Kier molecular flexibility index (Phi) is 9.78. The van der Waals surface area contributed by atoms with Crippen LogP contribution in [0.4, 0.5) is 0 Å². The molecule has 1 unspecified atom stereocenters. The summed E-state index contributed by atoms with van der Waals surface area (Å²) in [5.74, 6) is -1.15. The molecule has 0 bridgehead atoms. The van der Waals surface area contributed by atoms with Gasteiger partial charge in [0.1, 0.15) is 0 Å². The molecule has 0 aromatic heterocycles. The number of hydroxylamine groups is 2. The number of rotatable bonds is 13. The number of benzene rings is 2. The molecule has 0 spiro atoms. The molecule has 34 heavy (non-hydrogen) atoms. The van der Waals surface area contributed by atoms with Crippen molar-refractivity contribution in [2.45, 2.75) is 69.9 Å². The zero-order valence-corrected chi connectivity index (χ0v) is 20.9. The predicted molar refractivity (Wildman–Crippen MR) is 128 cm³/mol. The van der Waals surface area contributed by atoms with Crippen LogP contribution in [0.1, 0.15) is 50.3 Å². The summed E-state index contributed by atoms with van der Waals surface area (Å²) in [7, 11) is -3.75. The SMILES string of the molecule is Cc1ccc(S(=O)(=O)OCCCCc2ccc(CC(C(=O)O)N(C=O)OC(C)(C)C)cc2)cc1. The number of amides is 1. The van der Waals surface area contributed by atoms with Crippen molar-refractivity contribution < 1.29 is 32.1 Å². The van der Waals surface area contributed by atoms with Crippen molar-refractivity contribution >= 4 is 22.5 Å². The third-order valence-corrected chi connectivity index (χ3v) is 6.26. The van der Waals surface area contributed by atoms with Gasteiger partial charge in [-0.15, -0.1) is 0 Å². The van der Waals surface area contributed by atoms with Gasteiger partial charge in [0, 0.05) is 6.42 Å². The van der Waals surface area contributed by atoms with E-state index in [1.807, 2.05) is 31.2 Å². The van der Waals surface area contributed by atoms with E-state index < -0.39 is 27.7 Å². The summed E-state index contributed by atoms with van der Waals surface area (Å²) in [5, 5.41) is 10.4. The molecule has 0 aliphatic rings. The van der Waals surface area contributed by atoms with E-state index in [4.69, 9.17) is 9.02 Å². The molecular formula is C25H33NO7S. The number of carbonyl (C=O) groups excluding carboxylic acids is 1. The molecule has 0 saturated heterocycles. The number of aliphatic carboxylic acids is 1. The van der Waals surface area contributed by atoms with Gasteiger partial charge >= 0.3 is 5.97 Å². The van der Waals surface area contributed by atoms with Gasteiger partial charge < -0.3 is 5.11 Å². The van der Waals surface area contributed by atoms with Crippen LogP contribution in [0.5, 0.6) is 0 Å². The Balaban J connectivity index is 1.84. The molecule has 0 aliphatic heterocycles. The van der Waals surface area contributed by atoms with Crippen molar-refractivity contribution in [3.8, 4) is 0 Å². The summed E-state index contributed by atoms with van der Waals surface area (Å²) >= 11 is 0. The Morgan fingerprint density at radius 2 is 1.62 bits per heavy atom. The second-order valence-corrected chi connectivity index (χ2v) is 10.7. The maximum atomic E-state index is 12.2. The number of hydrogen-bond donors (Lipinski definition) is 1. The van der Waals surface area contributed by atoms with Gasteiger partial charge in [-0.25, -0.2) is 9.86 Å². The number of unbranched alkanes of at least 4 members (excludes halogenated alkanes) is 1. The minimum atomic E-state index is -3.75. The van der Waals surface area contributed by atoms with E-state index >= 15 is 0 Å². The number of hydrogen-bond acceptors (Lipinski definition) is 6. The van der Waals surface area contributed by atoms with Crippen LogP contribution in [0, 0.1) is 6.92 Å². The topological polar surface area (TPSA) is 110 Å². The first-order valence-electron chi connectivity index (χ1n) is 11.1. The maximum absolute atomic E-state index is 12.2. The number of carboxylic acid groups (broad SMARTS) is 1. The number of aryl methyl sites for hydroxylation is 2. The zero-order valence-electron chi connectivity index (χ0n) is 20.1. The molecule has 1 amide bonds. The van der Waals surface area contributed by atoms with Gasteiger partial charge in [-0.2, -0.15) is 8.42 Å². The van der Waals surface area contributed by atoms with Crippen LogP contribution in [0.15, 0.2) is 53.4 Å². The van der Waals surface area contributed by atoms with Crippen molar-refractivity contribution in [3.63, 3.8) is 0 Å². The highest BCUT2D eigenvalue weighted by atomic mass is 32.2. The molecule has 2 aromatic carbocycles. The fourth-order valence-electron chi connectivity index (χ4n) is 3.20. The smallest absolute Gasteiger partial charge is 0.329 e. The third-order valence-electron chi connectivity index (χ3n) is 4.94. The summed E-state index contributed by atoms with van der Waals surface area (Å²) in [6, 6.07) is 12.8. The van der Waals surface area contributed by atoms with Crippen LogP contribution in [0.2, 0.25) is 0 Å². The molecule has 0 radical (unpaired) electrons. The number of carbonyl (C=O) groups is 2. The molecular weight excluding hydrogens is 458 g/mol. The lowest BCUT2D eigenvalue weighted by Gasteiger charge is -2.30. The van der Waals surface area contributed by atoms with Crippen LogP contribution < -0.4 is 0 Å². The minimum absolute atomic E-state index is 0.101. The van der Waals surface area contributed by atoms with Crippen molar-refractivity contribution in [1.29, 1.82) is 0 Å². The van der Waals surface area contributed by atoms with Gasteiger partial charge in [0.05, 0.1) is 17.1 Å². The largest absolute Gasteiger partial charge is 0.480 e. The van der Waals surface area contributed by atoms with E-state index in [2.05, 4.69) is 0 Å². The average molecular weight is 492 g/mol. The van der Waals surface area contributed by atoms with Gasteiger partial charge in [0.15, 0.2) is 6.04 Å². The highest BCUT2D eigenvalue weighted by Crippen LogP contribution is 2.17. The first kappa shape index (κ1) is 27.5. The second-order valence-electron chi connectivity index (χ2n) is 9.09. The van der Waals surface area contributed by atoms with Gasteiger partial charge in [-0.1, -0.05) is 42.0 Å². The van der Waals surface area contributed by atoms with Crippen molar-refractivity contribution in [2.75, 3.05) is 6.61 Å². The molecule has 2 aromatic rings. The Morgan fingerprint density at radius 3 is 2.15 bits per heavy atom. The molecule has 186 valence electrons. The lowest BCUT2D eigenvalue weighted by Crippen LogP contribution is -2.45. The van der Waals surface area contributed by atoms with E-state index in [-0.39, 0.29) is 17.9 Å². The number of nitrogens with zero attached hydrogens (tertiary/aromatic N) is 1. The normalized spacial score (nSPS) is 12.8. The molecule has 9 heteroatoms. The first-order chi connectivity index (χ1) is 15.9. The van der Waals surface area contributed by atoms with Crippen molar-refractivity contribution in [2.24, 2.45) is 0 Å². The fraction of sp³-hybridized carbons (Fsp3) is 0.440. The number of carboxylic acids is 1. The fourth-order valence-corrected chi connectivity index (χ4v) is 4.14. The maximum Gasteiger partial charge on any atom is 0.329 e. The average Bonchev–Trinajstić information content (AvgIpc) is 2.76. The Labute approximate surface area is 201 Å². The highest BCUT2D eigenvalue weighted by Gasteiger charge is 2.29. The lowest BCUT2D eigenvalue weighted by molar-refractivity contribution is -0.234. The molecule has 8 nitrogen and oxygen atoms in total. The lowest BCUT2D eigenvalue weighted by atomic mass is 10.0. The monoisotopic (exact) mass is 491 g/mol. The van der Waals surface area contributed by atoms with Gasteiger partial charge in [0.25, 0.3) is 10.1 Å². The van der Waals surface area contributed by atoms with Crippen LogP contribution >= 0.6 is 0 Å². The van der Waals surface area contributed by atoms with E-state index in [9.17, 15) is 23.1 Å². The minimum Gasteiger partial charge on any atom is -0.480 e. The molecule has 0 saturated carbocycles. The molecule has 2 rings (SSSR count). The first-order valence-corrected chi connectivity index (χ1v) is 12.5. The summed E-state index contributed by atoms with van der Waals surface area (Å²) < 4.78 is 29.5. The summed E-state index contributed by atoms with van der Waals surface area (Å²) in [5.41, 5.74) is 2.06. The standard InChI is InChI=1S/C25H33NO7S/c1-19-8-14-22(15-9-19)34(30,31)32-16-6-5-7-20-10-12-21(13-11-20)17-23(24(28)29)26(18-27)33-25(2,3)4/h8-15,18,23H,5-7,16-17H2,1-4H3,(H,28,29). The van der Waals surface area contributed by atoms with Gasteiger partial charge in [-0.3, -0.25) is 13.8 Å². The van der Waals surface area contributed by atoms with E-state index in [1.54, 1.807) is 32.9 Å². The third kappa shape index (κ3) is 8.89. The summed E-state index contributed by atoms with van der Waals surface area (Å²) in [6.45, 7) is 7.19. The zero-order chi connectivity index (χ0) is 25.4.